The van der Waals surface area contributed by atoms with Gasteiger partial charge < -0.3 is 10.1 Å². The van der Waals surface area contributed by atoms with Crippen LogP contribution in [0.25, 0.3) is 0 Å². The number of esters is 1. The van der Waals surface area contributed by atoms with Gasteiger partial charge in [-0.2, -0.15) is 0 Å². The van der Waals surface area contributed by atoms with Crippen molar-refractivity contribution in [2.24, 2.45) is 0 Å². The molecular formula is C23H17ClN2O5S. The Balaban J connectivity index is 1.37. The number of thiophene rings is 1. The number of anilines is 1. The number of imide groups is 1. The minimum absolute atomic E-state index is 0.0780. The van der Waals surface area contributed by atoms with E-state index in [1.807, 2.05) is 17.5 Å². The van der Waals surface area contributed by atoms with Gasteiger partial charge >= 0.3 is 5.97 Å². The van der Waals surface area contributed by atoms with Crippen molar-refractivity contribution in [2.45, 2.75) is 6.42 Å². The molecule has 0 fully saturated rings. The highest BCUT2D eigenvalue weighted by molar-refractivity contribution is 7.09. The van der Waals surface area contributed by atoms with Crippen LogP contribution >= 0.6 is 22.9 Å². The van der Waals surface area contributed by atoms with Crippen LogP contribution in [0.1, 0.15) is 36.0 Å². The summed E-state index contributed by atoms with van der Waals surface area (Å²) in [5.41, 5.74) is 0.741. The monoisotopic (exact) mass is 468 g/mol. The highest BCUT2D eigenvalue weighted by Crippen LogP contribution is 2.30. The van der Waals surface area contributed by atoms with Crippen LogP contribution in [0.5, 0.6) is 0 Å². The van der Waals surface area contributed by atoms with E-state index in [1.165, 1.54) is 18.2 Å². The molecule has 0 bridgehead atoms. The van der Waals surface area contributed by atoms with E-state index in [1.54, 1.807) is 35.6 Å². The minimum atomic E-state index is -0.758. The quantitative estimate of drug-likeness (QED) is 0.421. The Morgan fingerprint density at radius 2 is 1.75 bits per heavy atom. The molecule has 1 N–H and O–H groups in total. The Bertz CT molecular complexity index is 1190. The van der Waals surface area contributed by atoms with Gasteiger partial charge in [-0.15, -0.1) is 11.3 Å². The Kier molecular flexibility index (Phi) is 6.34. The third kappa shape index (κ3) is 4.56. The van der Waals surface area contributed by atoms with Gasteiger partial charge in [0.25, 0.3) is 17.7 Å². The third-order valence-electron chi connectivity index (χ3n) is 4.82. The molecule has 0 aliphatic carbocycles. The highest BCUT2D eigenvalue weighted by Gasteiger charge is 2.37. The molecule has 0 unspecified atom stereocenters. The SMILES string of the molecule is O=C(COC(=O)c1ccc2c(c1)C(=O)N(c1ccc(Cl)cc1)C2=O)NCCc1cccs1. The van der Waals surface area contributed by atoms with E-state index < -0.39 is 30.3 Å². The van der Waals surface area contributed by atoms with E-state index in [0.29, 0.717) is 23.7 Å². The van der Waals surface area contributed by atoms with E-state index in [0.717, 1.165) is 9.78 Å². The van der Waals surface area contributed by atoms with Crippen LogP contribution in [0.15, 0.2) is 60.0 Å². The average Bonchev–Trinajstić information content (AvgIpc) is 3.39. The lowest BCUT2D eigenvalue weighted by Gasteiger charge is -2.13. The summed E-state index contributed by atoms with van der Waals surface area (Å²) in [6.45, 7) is -0.00295. The first-order valence-corrected chi connectivity index (χ1v) is 10.9. The number of benzene rings is 2. The summed E-state index contributed by atoms with van der Waals surface area (Å²) in [6, 6.07) is 14.3. The van der Waals surface area contributed by atoms with Gasteiger partial charge in [-0.25, -0.2) is 9.69 Å². The van der Waals surface area contributed by atoms with Gasteiger partial charge in [0, 0.05) is 16.4 Å². The molecule has 0 saturated carbocycles. The van der Waals surface area contributed by atoms with E-state index >= 15 is 0 Å². The molecule has 0 atom stereocenters. The number of amides is 3. The van der Waals surface area contributed by atoms with Crippen molar-refractivity contribution in [1.82, 2.24) is 5.32 Å². The summed E-state index contributed by atoms with van der Waals surface area (Å²) in [4.78, 5) is 51.9. The number of hydrogen-bond acceptors (Lipinski definition) is 6. The van der Waals surface area contributed by atoms with Crippen molar-refractivity contribution in [3.8, 4) is 0 Å². The van der Waals surface area contributed by atoms with Gasteiger partial charge in [-0.1, -0.05) is 17.7 Å². The van der Waals surface area contributed by atoms with Crippen LogP contribution in [0.4, 0.5) is 5.69 Å². The fourth-order valence-corrected chi connectivity index (χ4v) is 4.07. The van der Waals surface area contributed by atoms with Crippen LogP contribution in [0.2, 0.25) is 5.02 Å². The van der Waals surface area contributed by atoms with E-state index in [9.17, 15) is 19.2 Å². The van der Waals surface area contributed by atoms with Crippen LogP contribution < -0.4 is 10.2 Å². The second-order valence-electron chi connectivity index (χ2n) is 6.94. The zero-order chi connectivity index (χ0) is 22.7. The molecule has 3 amide bonds. The van der Waals surface area contributed by atoms with E-state index in [-0.39, 0.29) is 16.7 Å². The molecule has 162 valence electrons. The topological polar surface area (TPSA) is 92.8 Å². The molecule has 1 aliphatic heterocycles. The maximum Gasteiger partial charge on any atom is 0.338 e. The Morgan fingerprint density at radius 1 is 1.00 bits per heavy atom. The highest BCUT2D eigenvalue weighted by atomic mass is 35.5. The van der Waals surface area contributed by atoms with Gasteiger partial charge in [-0.3, -0.25) is 14.4 Å². The van der Waals surface area contributed by atoms with E-state index in [4.69, 9.17) is 16.3 Å². The smallest absolute Gasteiger partial charge is 0.338 e. The van der Waals surface area contributed by atoms with Crippen molar-refractivity contribution in [3.05, 3.63) is 86.6 Å². The zero-order valence-corrected chi connectivity index (χ0v) is 18.2. The Hall–Kier alpha value is -3.49. The van der Waals surface area contributed by atoms with E-state index in [2.05, 4.69) is 5.32 Å². The van der Waals surface area contributed by atoms with Crippen LogP contribution in [-0.2, 0) is 16.0 Å². The van der Waals surface area contributed by atoms with Gasteiger partial charge in [-0.05, 0) is 60.3 Å². The van der Waals surface area contributed by atoms with Gasteiger partial charge in [0.15, 0.2) is 6.61 Å². The van der Waals surface area contributed by atoms with Gasteiger partial charge in [0.1, 0.15) is 0 Å². The van der Waals surface area contributed by atoms with Crippen molar-refractivity contribution in [3.63, 3.8) is 0 Å². The second kappa shape index (κ2) is 9.33. The number of carbonyl (C=O) groups is 4. The number of nitrogens with zero attached hydrogens (tertiary/aromatic N) is 1. The average molecular weight is 469 g/mol. The molecular weight excluding hydrogens is 452 g/mol. The predicted octanol–water partition coefficient (Wildman–Crippen LogP) is 3.72. The Labute approximate surface area is 192 Å². The molecule has 32 heavy (non-hydrogen) atoms. The summed E-state index contributed by atoms with van der Waals surface area (Å²) in [6.07, 6.45) is 0.697. The lowest BCUT2D eigenvalue weighted by Crippen LogP contribution is -2.30. The molecule has 4 rings (SSSR count). The lowest BCUT2D eigenvalue weighted by molar-refractivity contribution is -0.124. The number of ether oxygens (including phenoxy) is 1. The number of halogens is 1. The Morgan fingerprint density at radius 3 is 2.47 bits per heavy atom. The fraction of sp³-hybridized carbons (Fsp3) is 0.130. The molecule has 3 aromatic rings. The molecule has 1 aromatic heterocycles. The summed E-state index contributed by atoms with van der Waals surface area (Å²) < 4.78 is 5.05. The van der Waals surface area contributed by atoms with Crippen LogP contribution in [-0.4, -0.2) is 36.8 Å². The van der Waals surface area contributed by atoms with Crippen molar-refractivity contribution in [1.29, 1.82) is 0 Å². The number of nitrogens with one attached hydrogen (secondary N) is 1. The number of hydrogen-bond donors (Lipinski definition) is 1. The first-order chi connectivity index (χ1) is 15.4. The summed E-state index contributed by atoms with van der Waals surface area (Å²) in [5, 5.41) is 5.12. The predicted molar refractivity (Wildman–Crippen MR) is 120 cm³/mol. The third-order valence-corrected chi connectivity index (χ3v) is 6.00. The van der Waals surface area contributed by atoms with Crippen LogP contribution in [0.3, 0.4) is 0 Å². The molecule has 0 spiro atoms. The maximum atomic E-state index is 12.8. The summed E-state index contributed by atoms with van der Waals surface area (Å²) in [7, 11) is 0. The van der Waals surface area contributed by atoms with Crippen molar-refractivity contribution >= 4 is 52.3 Å². The van der Waals surface area contributed by atoms with Crippen molar-refractivity contribution in [2.75, 3.05) is 18.1 Å². The first-order valence-electron chi connectivity index (χ1n) is 9.68. The summed E-state index contributed by atoms with van der Waals surface area (Å²) in [5.74, 6) is -2.21. The molecule has 1 aliphatic rings. The lowest BCUT2D eigenvalue weighted by atomic mass is 10.1. The standard InChI is InChI=1S/C23H17ClN2O5S/c24-15-4-6-16(7-5-15)26-21(28)18-8-3-14(12-19(18)22(26)29)23(30)31-13-20(27)25-10-9-17-2-1-11-32-17/h1-8,11-12H,9-10,13H2,(H,25,27). The molecule has 0 radical (unpaired) electrons. The first kappa shape index (κ1) is 21.7. The molecule has 7 nitrogen and oxygen atoms in total. The molecule has 2 heterocycles. The molecule has 9 heteroatoms. The minimum Gasteiger partial charge on any atom is -0.452 e. The van der Waals surface area contributed by atoms with Gasteiger partial charge in [0.2, 0.25) is 0 Å². The summed E-state index contributed by atoms with van der Waals surface area (Å²) >= 11 is 7.47. The largest absolute Gasteiger partial charge is 0.452 e. The fourth-order valence-electron chi connectivity index (χ4n) is 3.24. The second-order valence-corrected chi connectivity index (χ2v) is 8.41. The number of carbonyl (C=O) groups excluding carboxylic acids is 4. The number of fused-ring (bicyclic) bond motifs is 1. The van der Waals surface area contributed by atoms with Crippen LogP contribution in [0, 0.1) is 0 Å². The normalized spacial score (nSPS) is 12.6. The zero-order valence-electron chi connectivity index (χ0n) is 16.7. The number of rotatable bonds is 7. The molecule has 0 saturated heterocycles. The molecule has 2 aromatic carbocycles. The van der Waals surface area contributed by atoms with Crippen molar-refractivity contribution < 1.29 is 23.9 Å². The maximum absolute atomic E-state index is 12.8. The van der Waals surface area contributed by atoms with Gasteiger partial charge in [0.05, 0.1) is 22.4 Å².